The van der Waals surface area contributed by atoms with E-state index in [-0.39, 0.29) is 0 Å². The number of methoxy groups -OCH3 is 1. The molecule has 0 spiro atoms. The van der Waals surface area contributed by atoms with Gasteiger partial charge in [0.25, 0.3) is 0 Å². The summed E-state index contributed by atoms with van der Waals surface area (Å²) in [6.07, 6.45) is 0. The minimum atomic E-state index is -2.73. The van der Waals surface area contributed by atoms with Gasteiger partial charge >= 0.3 is 129 Å². The molecule has 1 unspecified atom stereocenters. The van der Waals surface area contributed by atoms with Crippen LogP contribution in [-0.2, 0) is 9.09 Å². The van der Waals surface area contributed by atoms with Gasteiger partial charge in [-0.15, -0.1) is 0 Å². The van der Waals surface area contributed by atoms with Crippen LogP contribution >= 0.6 is 5.06 Å². The van der Waals surface area contributed by atoms with Gasteiger partial charge < -0.3 is 0 Å². The summed E-state index contributed by atoms with van der Waals surface area (Å²) in [5.41, 5.74) is 0. The maximum atomic E-state index is 13.1. The van der Waals surface area contributed by atoms with Crippen LogP contribution in [0.3, 0.4) is 0 Å². The van der Waals surface area contributed by atoms with Crippen molar-refractivity contribution in [1.29, 1.82) is 0 Å². The molecule has 0 fully saturated rings. The third kappa shape index (κ3) is 3.87. The van der Waals surface area contributed by atoms with Gasteiger partial charge in [-0.25, -0.2) is 0 Å². The molecule has 0 heterocycles. The van der Waals surface area contributed by atoms with Gasteiger partial charge in [-0.05, 0) is 0 Å². The third-order valence-electron chi connectivity index (χ3n) is 2.66. The Morgan fingerprint density at radius 3 is 2.25 bits per heavy atom. The van der Waals surface area contributed by atoms with Crippen LogP contribution in [0.1, 0.15) is 6.92 Å². The monoisotopic (exact) mass is 406 g/mol. The van der Waals surface area contributed by atoms with E-state index in [0.717, 1.165) is 14.7 Å². The average molecular weight is 404 g/mol. The number of ether oxygens (including phenoxy) is 1. The van der Waals surface area contributed by atoms with Gasteiger partial charge in [0.1, 0.15) is 0 Å². The molecule has 0 aromatic heterocycles. The van der Waals surface area contributed by atoms with Gasteiger partial charge in [0.2, 0.25) is 0 Å². The SMILES string of the molecule is CCOP(=O)([Te]c1ccc(OC)cc1)c1ccccc1. The molecular weight excluding hydrogens is 387 g/mol. The molecule has 0 saturated heterocycles. The zero-order valence-electron chi connectivity index (χ0n) is 11.5. The zero-order chi connectivity index (χ0) is 14.4. The van der Waals surface area contributed by atoms with E-state index in [1.54, 1.807) is 7.11 Å². The number of hydrogen-bond acceptors (Lipinski definition) is 3. The van der Waals surface area contributed by atoms with E-state index in [9.17, 15) is 4.57 Å². The van der Waals surface area contributed by atoms with Crippen molar-refractivity contribution < 1.29 is 13.8 Å². The van der Waals surface area contributed by atoms with Gasteiger partial charge in [0.15, 0.2) is 0 Å². The van der Waals surface area contributed by atoms with Crippen LogP contribution in [0.25, 0.3) is 0 Å². The quantitative estimate of drug-likeness (QED) is 0.549. The van der Waals surface area contributed by atoms with Crippen molar-refractivity contribution in [2.45, 2.75) is 6.92 Å². The summed E-state index contributed by atoms with van der Waals surface area (Å²) in [5.74, 6) is 0.812. The summed E-state index contributed by atoms with van der Waals surface area (Å²) in [4.78, 5) is 0. The van der Waals surface area contributed by atoms with Crippen LogP contribution in [0, 0.1) is 0 Å². The molecule has 5 heteroatoms. The Hall–Kier alpha value is -0.780. The molecule has 2 rings (SSSR count). The molecule has 0 radical (unpaired) electrons. The topological polar surface area (TPSA) is 35.5 Å². The van der Waals surface area contributed by atoms with Crippen molar-refractivity contribution in [3.8, 4) is 5.75 Å². The molecule has 1 atom stereocenters. The minimum absolute atomic E-state index is 0.465. The Morgan fingerprint density at radius 2 is 1.70 bits per heavy atom. The van der Waals surface area contributed by atoms with E-state index < -0.39 is 25.4 Å². The van der Waals surface area contributed by atoms with Crippen LogP contribution in [-0.4, -0.2) is 34.1 Å². The molecular formula is C15H17O3PTe. The van der Waals surface area contributed by atoms with Gasteiger partial charge in [-0.1, -0.05) is 0 Å². The maximum absolute atomic E-state index is 13.1. The predicted octanol–water partition coefficient (Wildman–Crippen LogP) is 2.58. The van der Waals surface area contributed by atoms with Gasteiger partial charge in [0, 0.05) is 0 Å². The molecule has 0 N–H and O–H groups in total. The second-order valence-electron chi connectivity index (χ2n) is 4.02. The van der Waals surface area contributed by atoms with Crippen molar-refractivity contribution in [3.05, 3.63) is 54.6 Å². The summed E-state index contributed by atoms with van der Waals surface area (Å²) in [7, 11) is 1.64. The molecule has 2 aromatic carbocycles. The van der Waals surface area contributed by atoms with Crippen LogP contribution < -0.4 is 13.7 Å². The fraction of sp³-hybridized carbons (Fsp3) is 0.200. The van der Waals surface area contributed by atoms with Gasteiger partial charge in [-0.2, -0.15) is 0 Å². The zero-order valence-corrected chi connectivity index (χ0v) is 14.7. The van der Waals surface area contributed by atoms with Crippen LogP contribution in [0.5, 0.6) is 5.75 Å². The summed E-state index contributed by atoms with van der Waals surface area (Å²) < 4.78 is 25.1. The van der Waals surface area contributed by atoms with Crippen molar-refractivity contribution in [1.82, 2.24) is 0 Å². The van der Waals surface area contributed by atoms with E-state index in [0.29, 0.717) is 6.61 Å². The van der Waals surface area contributed by atoms with Crippen molar-refractivity contribution >= 4 is 34.4 Å². The van der Waals surface area contributed by atoms with E-state index in [1.165, 1.54) is 0 Å². The van der Waals surface area contributed by atoms with Gasteiger partial charge in [-0.3, -0.25) is 0 Å². The van der Waals surface area contributed by atoms with E-state index >= 15 is 0 Å². The Bertz CT molecular complexity index is 584. The normalized spacial score (nSPS) is 13.7. The first-order valence-corrected chi connectivity index (χ1v) is 12.2. The molecule has 0 saturated carbocycles. The summed E-state index contributed by atoms with van der Waals surface area (Å²) in [6.45, 7) is 2.35. The molecule has 0 aliphatic heterocycles. The second-order valence-corrected chi connectivity index (χ2v) is 13.0. The Kier molecular flexibility index (Phi) is 5.69. The molecule has 3 nitrogen and oxygen atoms in total. The molecule has 0 aliphatic carbocycles. The van der Waals surface area contributed by atoms with Crippen molar-refractivity contribution in [2.24, 2.45) is 0 Å². The summed E-state index contributed by atoms with van der Waals surface area (Å²) in [5, 5.41) is -1.91. The van der Waals surface area contributed by atoms with Crippen LogP contribution in [0.2, 0.25) is 0 Å². The third-order valence-corrected chi connectivity index (χ3v) is 12.0. The van der Waals surface area contributed by atoms with Crippen LogP contribution in [0.15, 0.2) is 54.6 Å². The molecule has 0 bridgehead atoms. The van der Waals surface area contributed by atoms with E-state index in [2.05, 4.69) is 0 Å². The Balaban J connectivity index is 2.27. The second kappa shape index (κ2) is 7.29. The van der Waals surface area contributed by atoms with E-state index in [1.807, 2.05) is 61.5 Å². The molecule has 0 aliphatic rings. The Morgan fingerprint density at radius 1 is 1.05 bits per heavy atom. The van der Waals surface area contributed by atoms with E-state index in [4.69, 9.17) is 9.26 Å². The number of hydrogen-bond donors (Lipinski definition) is 0. The molecule has 106 valence electrons. The number of rotatable bonds is 6. The summed E-state index contributed by atoms with van der Waals surface area (Å²) in [6, 6.07) is 17.3. The van der Waals surface area contributed by atoms with Gasteiger partial charge in [0.05, 0.1) is 0 Å². The first-order valence-electron chi connectivity index (χ1n) is 6.32. The predicted molar refractivity (Wildman–Crippen MR) is 83.7 cm³/mol. The van der Waals surface area contributed by atoms with Crippen molar-refractivity contribution in [3.63, 3.8) is 0 Å². The fourth-order valence-electron chi connectivity index (χ4n) is 1.71. The van der Waals surface area contributed by atoms with Crippen LogP contribution in [0.4, 0.5) is 0 Å². The number of benzene rings is 2. The van der Waals surface area contributed by atoms with Crippen molar-refractivity contribution in [2.75, 3.05) is 13.7 Å². The first-order chi connectivity index (χ1) is 9.68. The molecule has 2 aromatic rings. The molecule has 0 amide bonds. The standard InChI is InChI=1S/C15H17O3PTe/c1-3-18-19(16,14-7-5-4-6-8-14)20-15-11-9-13(17-2)10-12-15/h4-12H,3H2,1-2H3. The summed E-state index contributed by atoms with van der Waals surface area (Å²) >= 11 is -0.956. The molecule has 20 heavy (non-hydrogen) atoms. The average Bonchev–Trinajstić information content (AvgIpc) is 2.49. The first kappa shape index (κ1) is 15.6. The fourth-order valence-corrected chi connectivity index (χ4v) is 10.4. The Labute approximate surface area is 129 Å².